The lowest BCUT2D eigenvalue weighted by atomic mass is 10.2. The van der Waals surface area contributed by atoms with E-state index >= 15 is 0 Å². The summed E-state index contributed by atoms with van der Waals surface area (Å²) in [4.78, 5) is 28.1. The molecule has 0 unspecified atom stereocenters. The first-order valence-electron chi connectivity index (χ1n) is 6.43. The number of thiazole rings is 1. The molecule has 2 aromatic heterocycles. The van der Waals surface area contributed by atoms with Gasteiger partial charge < -0.3 is 9.15 Å². The Balaban J connectivity index is 1.88. The van der Waals surface area contributed by atoms with Gasteiger partial charge in [-0.3, -0.25) is 14.9 Å². The van der Waals surface area contributed by atoms with Gasteiger partial charge in [0.2, 0.25) is 11.2 Å². The largest absolute Gasteiger partial charge is 0.490 e. The quantitative estimate of drug-likeness (QED) is 0.803. The van der Waals surface area contributed by atoms with E-state index in [0.717, 1.165) is 28.1 Å². The number of hydrogen-bond donors (Lipinski definition) is 1. The fraction of sp³-hybridized carbons (Fsp3) is 0.133. The van der Waals surface area contributed by atoms with E-state index in [1.54, 1.807) is 0 Å². The van der Waals surface area contributed by atoms with Gasteiger partial charge in [0.05, 0.1) is 17.3 Å². The second-order valence-corrected chi connectivity index (χ2v) is 5.60. The van der Waals surface area contributed by atoms with Crippen molar-refractivity contribution in [2.24, 2.45) is 0 Å². The maximum Gasteiger partial charge on any atom is 0.293 e. The molecule has 1 aromatic carbocycles. The summed E-state index contributed by atoms with van der Waals surface area (Å²) >= 11 is 1.36. The molecule has 0 aliphatic carbocycles. The molecule has 0 radical (unpaired) electrons. The Labute approximate surface area is 129 Å². The average molecular weight is 316 g/mol. The Morgan fingerprint density at radius 3 is 2.91 bits per heavy atom. The van der Waals surface area contributed by atoms with Gasteiger partial charge in [0, 0.05) is 6.07 Å². The second-order valence-electron chi connectivity index (χ2n) is 4.57. The molecule has 1 N–H and O–H groups in total. The summed E-state index contributed by atoms with van der Waals surface area (Å²) in [6.07, 6.45) is 1.11. The lowest BCUT2D eigenvalue weighted by Gasteiger charge is -2.01. The lowest BCUT2D eigenvalue weighted by molar-refractivity contribution is 0.0993. The molecule has 112 valence electrons. The molecule has 22 heavy (non-hydrogen) atoms. The van der Waals surface area contributed by atoms with Crippen molar-refractivity contribution in [1.29, 1.82) is 0 Å². The molecule has 3 aromatic rings. The number of carbonyl (C=O) groups is 1. The maximum absolute atomic E-state index is 12.1. The zero-order chi connectivity index (χ0) is 15.7. The van der Waals surface area contributed by atoms with E-state index in [9.17, 15) is 9.59 Å². The van der Waals surface area contributed by atoms with Crippen molar-refractivity contribution in [2.75, 3.05) is 12.4 Å². The number of anilines is 1. The monoisotopic (exact) mass is 316 g/mol. The zero-order valence-corrected chi connectivity index (χ0v) is 12.7. The van der Waals surface area contributed by atoms with Crippen LogP contribution in [-0.2, 0) is 0 Å². The first-order valence-corrected chi connectivity index (χ1v) is 7.24. The van der Waals surface area contributed by atoms with Gasteiger partial charge in [-0.05, 0) is 18.6 Å². The van der Waals surface area contributed by atoms with Crippen LogP contribution in [0.5, 0.6) is 5.75 Å². The van der Waals surface area contributed by atoms with Crippen molar-refractivity contribution in [1.82, 2.24) is 4.98 Å². The fourth-order valence-corrected chi connectivity index (χ4v) is 2.90. The summed E-state index contributed by atoms with van der Waals surface area (Å²) in [5.74, 6) is -0.578. The summed E-state index contributed by atoms with van der Waals surface area (Å²) in [6, 6.07) is 6.91. The zero-order valence-electron chi connectivity index (χ0n) is 11.9. The van der Waals surface area contributed by atoms with Crippen LogP contribution < -0.4 is 15.5 Å². The summed E-state index contributed by atoms with van der Waals surface area (Å²) < 4.78 is 10.9. The van der Waals surface area contributed by atoms with Crippen LogP contribution in [0.2, 0.25) is 0 Å². The predicted molar refractivity (Wildman–Crippen MR) is 83.8 cm³/mol. The fourth-order valence-electron chi connectivity index (χ4n) is 1.97. The number of carbonyl (C=O) groups excluding carboxylic acids is 1. The average Bonchev–Trinajstić information content (AvgIpc) is 2.91. The topological polar surface area (TPSA) is 81.4 Å². The number of fused-ring (bicyclic) bond motifs is 1. The van der Waals surface area contributed by atoms with Crippen molar-refractivity contribution >= 4 is 32.6 Å². The van der Waals surface area contributed by atoms with Crippen LogP contribution in [0.1, 0.15) is 16.1 Å². The number of rotatable bonds is 3. The maximum atomic E-state index is 12.1. The number of aryl methyl sites for hydroxylation is 1. The number of nitrogens with zero attached hydrogens (tertiary/aromatic N) is 1. The van der Waals surface area contributed by atoms with E-state index in [-0.39, 0.29) is 11.5 Å². The van der Waals surface area contributed by atoms with E-state index in [1.165, 1.54) is 18.4 Å². The molecular weight excluding hydrogens is 304 g/mol. The minimum absolute atomic E-state index is 0.0483. The number of amides is 1. The Hall–Kier alpha value is -2.67. The highest BCUT2D eigenvalue weighted by Gasteiger charge is 2.14. The van der Waals surface area contributed by atoms with Crippen molar-refractivity contribution in [3.8, 4) is 5.75 Å². The lowest BCUT2D eigenvalue weighted by Crippen LogP contribution is -2.15. The van der Waals surface area contributed by atoms with Gasteiger partial charge in [-0.2, -0.15) is 0 Å². The van der Waals surface area contributed by atoms with Crippen LogP contribution in [0, 0.1) is 6.92 Å². The van der Waals surface area contributed by atoms with Crippen LogP contribution in [-0.4, -0.2) is 18.0 Å². The van der Waals surface area contributed by atoms with Crippen LogP contribution in [0.4, 0.5) is 5.13 Å². The third-order valence-corrected chi connectivity index (χ3v) is 4.02. The SMILES string of the molecule is COc1coc(C(=O)Nc2nc3c(C)cccc3s2)cc1=O. The van der Waals surface area contributed by atoms with Gasteiger partial charge in [-0.15, -0.1) is 0 Å². The smallest absolute Gasteiger partial charge is 0.293 e. The highest BCUT2D eigenvalue weighted by molar-refractivity contribution is 7.22. The predicted octanol–water partition coefficient (Wildman–Crippen LogP) is 2.82. The highest BCUT2D eigenvalue weighted by Crippen LogP contribution is 2.28. The van der Waals surface area contributed by atoms with Gasteiger partial charge in [0.15, 0.2) is 10.9 Å². The molecule has 0 aliphatic heterocycles. The van der Waals surface area contributed by atoms with Gasteiger partial charge in [-0.25, -0.2) is 4.98 Å². The van der Waals surface area contributed by atoms with E-state index in [2.05, 4.69) is 10.3 Å². The molecule has 0 fully saturated rings. The van der Waals surface area contributed by atoms with Crippen molar-refractivity contribution in [2.45, 2.75) is 6.92 Å². The number of para-hydroxylation sites is 1. The Morgan fingerprint density at radius 1 is 1.41 bits per heavy atom. The molecule has 0 saturated carbocycles. The van der Waals surface area contributed by atoms with Gasteiger partial charge in [-0.1, -0.05) is 23.5 Å². The van der Waals surface area contributed by atoms with Crippen molar-refractivity contribution in [3.63, 3.8) is 0 Å². The number of ether oxygens (including phenoxy) is 1. The molecule has 1 amide bonds. The van der Waals surface area contributed by atoms with Crippen molar-refractivity contribution < 1.29 is 13.9 Å². The van der Waals surface area contributed by atoms with Gasteiger partial charge >= 0.3 is 0 Å². The van der Waals surface area contributed by atoms with E-state index in [0.29, 0.717) is 5.13 Å². The molecule has 7 heteroatoms. The summed E-state index contributed by atoms with van der Waals surface area (Å²) in [6.45, 7) is 1.95. The normalized spacial score (nSPS) is 10.6. The Morgan fingerprint density at radius 2 is 2.23 bits per heavy atom. The molecule has 2 heterocycles. The highest BCUT2D eigenvalue weighted by atomic mass is 32.1. The Kier molecular flexibility index (Phi) is 3.64. The van der Waals surface area contributed by atoms with Crippen LogP contribution in [0.3, 0.4) is 0 Å². The first kappa shape index (κ1) is 14.3. The number of nitrogens with one attached hydrogen (secondary N) is 1. The molecule has 0 saturated heterocycles. The number of hydrogen-bond acceptors (Lipinski definition) is 6. The summed E-state index contributed by atoms with van der Waals surface area (Å²) in [7, 11) is 1.36. The molecule has 0 aliphatic rings. The molecule has 0 bridgehead atoms. The van der Waals surface area contributed by atoms with Gasteiger partial charge in [0.1, 0.15) is 6.26 Å². The van der Waals surface area contributed by atoms with E-state index < -0.39 is 11.3 Å². The summed E-state index contributed by atoms with van der Waals surface area (Å²) in [5.41, 5.74) is 1.46. The van der Waals surface area contributed by atoms with E-state index in [1.807, 2.05) is 25.1 Å². The standard InChI is InChI=1S/C15H12N2O4S/c1-8-4-3-5-12-13(8)16-15(22-12)17-14(19)10-6-9(18)11(20-2)7-21-10/h3-7H,1-2H3,(H,16,17,19). The minimum Gasteiger partial charge on any atom is -0.490 e. The van der Waals surface area contributed by atoms with E-state index in [4.69, 9.17) is 9.15 Å². The second kappa shape index (κ2) is 5.61. The van der Waals surface area contributed by atoms with Crippen LogP contribution in [0.25, 0.3) is 10.2 Å². The molecular formula is C15H12N2O4S. The molecule has 0 spiro atoms. The van der Waals surface area contributed by atoms with Crippen LogP contribution in [0.15, 0.2) is 39.7 Å². The van der Waals surface area contributed by atoms with Crippen molar-refractivity contribution in [3.05, 3.63) is 52.1 Å². The first-order chi connectivity index (χ1) is 10.6. The summed E-state index contributed by atoms with van der Waals surface area (Å²) in [5, 5.41) is 3.09. The Bertz CT molecular complexity index is 913. The number of benzene rings is 1. The molecule has 0 atom stereocenters. The van der Waals surface area contributed by atoms with Crippen LogP contribution >= 0.6 is 11.3 Å². The number of aromatic nitrogens is 1. The molecule has 3 rings (SSSR count). The number of methoxy groups -OCH3 is 1. The molecule has 6 nitrogen and oxygen atoms in total. The third kappa shape index (κ3) is 2.58. The minimum atomic E-state index is -0.531. The van der Waals surface area contributed by atoms with Gasteiger partial charge in [0.25, 0.3) is 5.91 Å². The third-order valence-electron chi connectivity index (χ3n) is 3.08.